The Labute approximate surface area is 162 Å². The van der Waals surface area contributed by atoms with Gasteiger partial charge in [-0.25, -0.2) is 19.3 Å². The average molecular weight is 387 g/mol. The van der Waals surface area contributed by atoms with Crippen LogP contribution in [0.5, 0.6) is 5.88 Å². The van der Waals surface area contributed by atoms with E-state index in [2.05, 4.69) is 36.6 Å². The molecule has 9 nitrogen and oxygen atoms in total. The number of rotatable bonds is 8. The summed E-state index contributed by atoms with van der Waals surface area (Å²) in [4.78, 5) is 16.5. The first-order valence-corrected chi connectivity index (χ1v) is 8.89. The third kappa shape index (κ3) is 4.09. The van der Waals surface area contributed by atoms with Crippen LogP contribution in [0.3, 0.4) is 0 Å². The summed E-state index contributed by atoms with van der Waals surface area (Å²) < 4.78 is 17.6. The molecule has 0 amide bonds. The van der Waals surface area contributed by atoms with E-state index in [-0.39, 0.29) is 30.5 Å². The number of aliphatic hydroxyl groups excluding tert-OH is 1. The molecule has 0 aromatic carbocycles. The molecule has 1 aliphatic carbocycles. The highest BCUT2D eigenvalue weighted by Gasteiger charge is 2.47. The number of nitrogens with zero attached hydrogens (tertiary/aromatic N) is 5. The number of alkyl halides is 1. The van der Waals surface area contributed by atoms with E-state index in [9.17, 15) is 14.8 Å². The maximum atomic E-state index is 12.3. The van der Waals surface area contributed by atoms with Crippen LogP contribution >= 0.6 is 0 Å². The Morgan fingerprint density at radius 3 is 2.89 bits per heavy atom. The molecule has 0 radical (unpaired) electrons. The van der Waals surface area contributed by atoms with E-state index in [0.29, 0.717) is 29.3 Å². The highest BCUT2D eigenvalue weighted by Crippen LogP contribution is 2.42. The van der Waals surface area contributed by atoms with Gasteiger partial charge >= 0.3 is 0 Å². The molecule has 28 heavy (non-hydrogen) atoms. The van der Waals surface area contributed by atoms with Crippen LogP contribution in [0.25, 0.3) is 0 Å². The Balaban J connectivity index is 1.71. The van der Waals surface area contributed by atoms with Crippen LogP contribution in [-0.4, -0.2) is 50.5 Å². The first-order chi connectivity index (χ1) is 13.5. The minimum Gasteiger partial charge on any atom is -0.475 e. The number of ether oxygens (including phenoxy) is 1. The zero-order valence-corrected chi connectivity index (χ0v) is 15.7. The number of hydrogen-bond acceptors (Lipinski definition) is 9. The van der Waals surface area contributed by atoms with Crippen LogP contribution in [0.2, 0.25) is 0 Å². The van der Waals surface area contributed by atoms with Crippen molar-refractivity contribution in [1.29, 1.82) is 5.26 Å². The minimum atomic E-state index is -0.614. The SMILES string of the molecule is CC1(C)[C@@H](O)C[C@H]1Nc1nc(NCc2cncnc2OCCF)ncc1C#N. The van der Waals surface area contributed by atoms with E-state index < -0.39 is 12.8 Å². The Morgan fingerprint density at radius 2 is 2.21 bits per heavy atom. The molecule has 2 aromatic rings. The number of nitriles is 1. The van der Waals surface area contributed by atoms with Crippen molar-refractivity contribution in [2.45, 2.75) is 39.0 Å². The fourth-order valence-electron chi connectivity index (χ4n) is 2.88. The van der Waals surface area contributed by atoms with Crippen molar-refractivity contribution in [2.75, 3.05) is 23.9 Å². The summed E-state index contributed by atoms with van der Waals surface area (Å²) in [5, 5.41) is 25.5. The number of aromatic nitrogens is 4. The molecular formula is C18H22FN7O2. The minimum absolute atomic E-state index is 0.000534. The van der Waals surface area contributed by atoms with Crippen LogP contribution in [-0.2, 0) is 6.54 Å². The zero-order valence-electron chi connectivity index (χ0n) is 15.7. The van der Waals surface area contributed by atoms with Gasteiger partial charge in [0.05, 0.1) is 17.9 Å². The fourth-order valence-corrected chi connectivity index (χ4v) is 2.88. The standard InChI is InChI=1S/C18H22FN7O2/c1-18(2)13(5-14(18)27)25-15-11(6-20)8-22-17(26-15)23-9-12-7-21-10-24-16(12)28-4-3-19/h7-8,10,13-14,27H,3-5,9H2,1-2H3,(H2,22,23,25,26)/t13-,14+/m1/s1. The first kappa shape index (κ1) is 19.7. The van der Waals surface area contributed by atoms with Crippen molar-refractivity contribution < 1.29 is 14.2 Å². The number of anilines is 2. The normalized spacial score (nSPS) is 20.0. The molecule has 1 aliphatic rings. The van der Waals surface area contributed by atoms with Crippen molar-refractivity contribution in [3.63, 3.8) is 0 Å². The highest BCUT2D eigenvalue weighted by atomic mass is 19.1. The Bertz CT molecular complexity index is 871. The molecule has 10 heteroatoms. The highest BCUT2D eigenvalue weighted by molar-refractivity contribution is 5.54. The predicted molar refractivity (Wildman–Crippen MR) is 99.4 cm³/mol. The predicted octanol–water partition coefficient (Wildman–Crippen LogP) is 1.67. The average Bonchev–Trinajstić information content (AvgIpc) is 2.71. The van der Waals surface area contributed by atoms with Gasteiger partial charge in [-0.1, -0.05) is 13.8 Å². The van der Waals surface area contributed by atoms with E-state index in [1.807, 2.05) is 13.8 Å². The van der Waals surface area contributed by atoms with E-state index >= 15 is 0 Å². The van der Waals surface area contributed by atoms with Crippen LogP contribution < -0.4 is 15.4 Å². The third-order valence-electron chi connectivity index (χ3n) is 4.94. The van der Waals surface area contributed by atoms with Gasteiger partial charge in [0.25, 0.3) is 0 Å². The molecule has 1 saturated carbocycles. The summed E-state index contributed by atoms with van der Waals surface area (Å²) in [5.41, 5.74) is 0.634. The van der Waals surface area contributed by atoms with Crippen LogP contribution in [0.15, 0.2) is 18.7 Å². The first-order valence-electron chi connectivity index (χ1n) is 8.89. The van der Waals surface area contributed by atoms with Crippen molar-refractivity contribution >= 4 is 11.8 Å². The summed E-state index contributed by atoms with van der Waals surface area (Å²) >= 11 is 0. The second-order valence-electron chi connectivity index (χ2n) is 7.08. The largest absolute Gasteiger partial charge is 0.475 e. The molecule has 0 saturated heterocycles. The van der Waals surface area contributed by atoms with Crippen molar-refractivity contribution in [2.24, 2.45) is 5.41 Å². The zero-order chi connectivity index (χ0) is 20.1. The van der Waals surface area contributed by atoms with Gasteiger partial charge in [-0.15, -0.1) is 0 Å². The molecular weight excluding hydrogens is 365 g/mol. The molecule has 2 atom stereocenters. The van der Waals surface area contributed by atoms with Crippen LogP contribution in [0.1, 0.15) is 31.4 Å². The second-order valence-corrected chi connectivity index (χ2v) is 7.08. The molecule has 0 bridgehead atoms. The van der Waals surface area contributed by atoms with Gasteiger partial charge in [-0.05, 0) is 6.42 Å². The lowest BCUT2D eigenvalue weighted by atomic mass is 9.64. The third-order valence-corrected chi connectivity index (χ3v) is 4.94. The molecule has 3 N–H and O–H groups in total. The summed E-state index contributed by atoms with van der Waals surface area (Å²) in [7, 11) is 0. The van der Waals surface area contributed by atoms with E-state index in [4.69, 9.17) is 4.74 Å². The van der Waals surface area contributed by atoms with E-state index in [1.165, 1.54) is 12.5 Å². The van der Waals surface area contributed by atoms with Gasteiger partial charge in [-0.2, -0.15) is 10.2 Å². The summed E-state index contributed by atoms with van der Waals surface area (Å²) in [6.45, 7) is 3.48. The molecule has 0 spiro atoms. The number of halogens is 1. The molecule has 3 rings (SSSR count). The molecule has 1 fully saturated rings. The molecule has 0 aliphatic heterocycles. The van der Waals surface area contributed by atoms with Gasteiger partial charge in [-0.3, -0.25) is 0 Å². The van der Waals surface area contributed by atoms with E-state index in [0.717, 1.165) is 0 Å². The summed E-state index contributed by atoms with van der Waals surface area (Å²) in [6, 6.07) is 2.07. The van der Waals surface area contributed by atoms with E-state index in [1.54, 1.807) is 6.20 Å². The van der Waals surface area contributed by atoms with Gasteiger partial charge in [0.1, 0.15) is 37.1 Å². The molecule has 2 aromatic heterocycles. The Hall–Kier alpha value is -3.06. The maximum Gasteiger partial charge on any atom is 0.224 e. The van der Waals surface area contributed by atoms with Gasteiger partial charge in [0.15, 0.2) is 0 Å². The lowest BCUT2D eigenvalue weighted by Gasteiger charge is -2.49. The molecule has 0 unspecified atom stereocenters. The maximum absolute atomic E-state index is 12.3. The quantitative estimate of drug-likeness (QED) is 0.619. The fraction of sp³-hybridized carbons (Fsp3) is 0.500. The van der Waals surface area contributed by atoms with Gasteiger partial charge in [0, 0.05) is 24.2 Å². The molecule has 148 valence electrons. The van der Waals surface area contributed by atoms with Crippen LogP contribution in [0.4, 0.5) is 16.2 Å². The van der Waals surface area contributed by atoms with Gasteiger partial charge in [0.2, 0.25) is 11.8 Å². The topological polar surface area (TPSA) is 129 Å². The monoisotopic (exact) mass is 387 g/mol. The Kier molecular flexibility index (Phi) is 5.84. The van der Waals surface area contributed by atoms with Crippen LogP contribution in [0, 0.1) is 16.7 Å². The second kappa shape index (κ2) is 8.31. The Morgan fingerprint density at radius 1 is 1.39 bits per heavy atom. The number of nitrogens with one attached hydrogen (secondary N) is 2. The van der Waals surface area contributed by atoms with Crippen molar-refractivity contribution in [3.05, 3.63) is 29.8 Å². The van der Waals surface area contributed by atoms with Crippen molar-refractivity contribution in [1.82, 2.24) is 19.9 Å². The lowest BCUT2D eigenvalue weighted by molar-refractivity contribution is -0.0511. The summed E-state index contributed by atoms with van der Waals surface area (Å²) in [6.07, 6.45) is 4.51. The van der Waals surface area contributed by atoms with Crippen molar-refractivity contribution in [3.8, 4) is 11.9 Å². The lowest BCUT2D eigenvalue weighted by Crippen LogP contribution is -2.57. The van der Waals surface area contributed by atoms with Gasteiger partial charge < -0.3 is 20.5 Å². The number of aliphatic hydroxyl groups is 1. The molecule has 2 heterocycles. The smallest absolute Gasteiger partial charge is 0.224 e. The number of hydrogen-bond donors (Lipinski definition) is 3. The summed E-state index contributed by atoms with van der Waals surface area (Å²) in [5.74, 6) is 1.00.